The van der Waals surface area contributed by atoms with Crippen LogP contribution in [0.2, 0.25) is 0 Å². The summed E-state index contributed by atoms with van der Waals surface area (Å²) in [7, 11) is 0. The first-order valence-corrected chi connectivity index (χ1v) is 11.2. The molecule has 0 unspecified atom stereocenters. The topological polar surface area (TPSA) is 79.0 Å². The Hall–Kier alpha value is -2.48. The van der Waals surface area contributed by atoms with E-state index in [9.17, 15) is 18.8 Å². The summed E-state index contributed by atoms with van der Waals surface area (Å²) in [4.78, 5) is 42.0. The maximum absolute atomic E-state index is 13.5. The quantitative estimate of drug-likeness (QED) is 0.703. The van der Waals surface area contributed by atoms with Gasteiger partial charge in [0.15, 0.2) is 0 Å². The summed E-state index contributed by atoms with van der Waals surface area (Å²) in [5, 5.41) is 3.02. The number of nitrogens with zero attached hydrogens (tertiary/aromatic N) is 2. The molecule has 0 aliphatic carbocycles. The number of hydrogen-bond donors (Lipinski definition) is 1. The molecule has 8 heteroatoms. The lowest BCUT2D eigenvalue weighted by atomic mass is 9.74. The molecular formula is C23H30FN3O4. The normalized spacial score (nSPS) is 27.1. The molecule has 4 amide bonds. The molecule has 1 N–H and O–H groups in total. The van der Waals surface area contributed by atoms with E-state index >= 15 is 0 Å². The van der Waals surface area contributed by atoms with Crippen molar-refractivity contribution < 1.29 is 23.5 Å². The number of halogens is 1. The molecular weight excluding hydrogens is 401 g/mol. The molecule has 31 heavy (non-hydrogen) atoms. The predicted octanol–water partition coefficient (Wildman–Crippen LogP) is 2.95. The number of carbonyl (C=O) groups is 3. The third kappa shape index (κ3) is 4.18. The summed E-state index contributed by atoms with van der Waals surface area (Å²) in [6, 6.07) is 5.36. The molecule has 168 valence electrons. The van der Waals surface area contributed by atoms with Gasteiger partial charge in [-0.25, -0.2) is 9.18 Å². The van der Waals surface area contributed by atoms with Crippen molar-refractivity contribution in [3.63, 3.8) is 0 Å². The molecule has 3 aliphatic heterocycles. The van der Waals surface area contributed by atoms with Gasteiger partial charge in [-0.1, -0.05) is 19.4 Å². The van der Waals surface area contributed by atoms with E-state index in [1.165, 1.54) is 23.1 Å². The van der Waals surface area contributed by atoms with Crippen LogP contribution in [0.15, 0.2) is 24.3 Å². The van der Waals surface area contributed by atoms with E-state index in [4.69, 9.17) is 4.74 Å². The Balaban J connectivity index is 1.45. The van der Waals surface area contributed by atoms with Crippen LogP contribution in [0.5, 0.6) is 0 Å². The molecule has 0 saturated carbocycles. The number of imide groups is 1. The number of rotatable bonds is 6. The van der Waals surface area contributed by atoms with E-state index < -0.39 is 11.4 Å². The number of piperidine rings is 1. The minimum Gasteiger partial charge on any atom is -0.376 e. The van der Waals surface area contributed by atoms with Crippen LogP contribution in [0, 0.1) is 11.7 Å². The summed E-state index contributed by atoms with van der Waals surface area (Å²) in [6.45, 7) is 3.92. The standard InChI is InChI=1S/C23H30FN3O4/c1-2-10-23(21(29)27(22(30)25-23)15-19-7-4-13-31-19)17-8-11-26(12-9-17)20(28)16-5-3-6-18(24)14-16/h3,5-6,14,17,19H,2,4,7-13,15H2,1H3,(H,25,30)/t19-,23+/m0/s1. The SMILES string of the molecule is CCC[C@]1(C2CCN(C(=O)c3cccc(F)c3)CC2)NC(=O)N(C[C@@H]2CCCO2)C1=O. The van der Waals surface area contributed by atoms with Crippen LogP contribution in [0.4, 0.5) is 9.18 Å². The summed E-state index contributed by atoms with van der Waals surface area (Å²) >= 11 is 0. The number of likely N-dealkylation sites (tertiary alicyclic amines) is 1. The van der Waals surface area contributed by atoms with E-state index in [1.807, 2.05) is 6.92 Å². The molecule has 4 rings (SSSR count). The first kappa shape index (κ1) is 21.7. The van der Waals surface area contributed by atoms with Gasteiger partial charge in [0, 0.05) is 25.3 Å². The van der Waals surface area contributed by atoms with Crippen LogP contribution < -0.4 is 5.32 Å². The fraction of sp³-hybridized carbons (Fsp3) is 0.609. The number of hydrogen-bond acceptors (Lipinski definition) is 4. The van der Waals surface area contributed by atoms with Crippen molar-refractivity contribution in [1.29, 1.82) is 0 Å². The van der Waals surface area contributed by atoms with Crippen molar-refractivity contribution >= 4 is 17.8 Å². The Morgan fingerprint density at radius 2 is 2.03 bits per heavy atom. The van der Waals surface area contributed by atoms with E-state index in [-0.39, 0.29) is 29.9 Å². The van der Waals surface area contributed by atoms with Gasteiger partial charge in [0.25, 0.3) is 11.8 Å². The lowest BCUT2D eigenvalue weighted by molar-refractivity contribution is -0.135. The fourth-order valence-corrected chi connectivity index (χ4v) is 5.23. The zero-order valence-corrected chi connectivity index (χ0v) is 17.9. The molecule has 0 bridgehead atoms. The van der Waals surface area contributed by atoms with Crippen LogP contribution in [0.3, 0.4) is 0 Å². The molecule has 0 spiro atoms. The molecule has 7 nitrogen and oxygen atoms in total. The van der Waals surface area contributed by atoms with Crippen molar-refractivity contribution in [2.24, 2.45) is 5.92 Å². The number of ether oxygens (including phenoxy) is 1. The zero-order chi connectivity index (χ0) is 22.0. The van der Waals surface area contributed by atoms with Crippen molar-refractivity contribution in [3.05, 3.63) is 35.6 Å². The number of benzene rings is 1. The van der Waals surface area contributed by atoms with Crippen molar-refractivity contribution in [2.45, 2.75) is 57.1 Å². The minimum absolute atomic E-state index is 0.0463. The monoisotopic (exact) mass is 431 g/mol. The smallest absolute Gasteiger partial charge is 0.325 e. The number of carbonyl (C=O) groups excluding carboxylic acids is 3. The molecule has 3 heterocycles. The number of urea groups is 1. The third-order valence-corrected chi connectivity index (χ3v) is 6.81. The van der Waals surface area contributed by atoms with Gasteiger partial charge in [0.1, 0.15) is 11.4 Å². The maximum atomic E-state index is 13.5. The van der Waals surface area contributed by atoms with Gasteiger partial charge in [-0.15, -0.1) is 0 Å². The average Bonchev–Trinajstić information content (AvgIpc) is 3.37. The average molecular weight is 432 g/mol. The van der Waals surface area contributed by atoms with Gasteiger partial charge in [0.2, 0.25) is 0 Å². The van der Waals surface area contributed by atoms with Crippen LogP contribution in [-0.4, -0.2) is 65.5 Å². The largest absolute Gasteiger partial charge is 0.376 e. The van der Waals surface area contributed by atoms with E-state index in [0.29, 0.717) is 51.1 Å². The van der Waals surface area contributed by atoms with Crippen LogP contribution in [-0.2, 0) is 9.53 Å². The zero-order valence-electron chi connectivity index (χ0n) is 17.9. The first-order valence-electron chi connectivity index (χ1n) is 11.2. The Labute approximate surface area is 181 Å². The lowest BCUT2D eigenvalue weighted by Crippen LogP contribution is -2.56. The minimum atomic E-state index is -0.918. The molecule has 0 radical (unpaired) electrons. The van der Waals surface area contributed by atoms with E-state index in [2.05, 4.69) is 5.32 Å². The second-order valence-electron chi connectivity index (χ2n) is 8.78. The Bertz CT molecular complexity index is 849. The molecule has 0 aromatic heterocycles. The number of nitrogens with one attached hydrogen (secondary N) is 1. The highest BCUT2D eigenvalue weighted by atomic mass is 19.1. The predicted molar refractivity (Wildman–Crippen MR) is 112 cm³/mol. The van der Waals surface area contributed by atoms with E-state index in [1.54, 1.807) is 11.0 Å². The molecule has 3 aliphatic rings. The first-order chi connectivity index (χ1) is 14.9. The lowest BCUT2D eigenvalue weighted by Gasteiger charge is -2.41. The fourth-order valence-electron chi connectivity index (χ4n) is 5.23. The van der Waals surface area contributed by atoms with Gasteiger partial charge in [-0.3, -0.25) is 14.5 Å². The van der Waals surface area contributed by atoms with Crippen LogP contribution >= 0.6 is 0 Å². The number of amides is 4. The van der Waals surface area contributed by atoms with Gasteiger partial charge < -0.3 is 15.0 Å². The van der Waals surface area contributed by atoms with E-state index in [0.717, 1.165) is 19.3 Å². The Morgan fingerprint density at radius 3 is 2.68 bits per heavy atom. The maximum Gasteiger partial charge on any atom is 0.325 e. The van der Waals surface area contributed by atoms with Crippen LogP contribution in [0.25, 0.3) is 0 Å². The molecule has 3 fully saturated rings. The molecule has 1 aromatic rings. The van der Waals surface area contributed by atoms with Crippen molar-refractivity contribution in [3.8, 4) is 0 Å². The molecule has 2 atom stereocenters. The Kier molecular flexibility index (Phi) is 6.27. The van der Waals surface area contributed by atoms with Gasteiger partial charge >= 0.3 is 6.03 Å². The molecule has 3 saturated heterocycles. The highest BCUT2D eigenvalue weighted by molar-refractivity contribution is 6.07. The van der Waals surface area contributed by atoms with Crippen LogP contribution in [0.1, 0.15) is 55.8 Å². The van der Waals surface area contributed by atoms with Gasteiger partial charge in [0.05, 0.1) is 12.6 Å². The highest BCUT2D eigenvalue weighted by Gasteiger charge is 2.55. The summed E-state index contributed by atoms with van der Waals surface area (Å²) in [5.41, 5.74) is -0.590. The van der Waals surface area contributed by atoms with Gasteiger partial charge in [-0.05, 0) is 56.2 Å². The van der Waals surface area contributed by atoms with Crippen molar-refractivity contribution in [1.82, 2.24) is 15.1 Å². The second-order valence-corrected chi connectivity index (χ2v) is 8.78. The van der Waals surface area contributed by atoms with Crippen molar-refractivity contribution in [2.75, 3.05) is 26.2 Å². The second kappa shape index (κ2) is 8.94. The third-order valence-electron chi connectivity index (χ3n) is 6.81. The van der Waals surface area contributed by atoms with Gasteiger partial charge in [-0.2, -0.15) is 0 Å². The molecule has 1 aromatic carbocycles. The summed E-state index contributed by atoms with van der Waals surface area (Å²) in [6.07, 6.45) is 4.29. The highest BCUT2D eigenvalue weighted by Crippen LogP contribution is 2.37. The summed E-state index contributed by atoms with van der Waals surface area (Å²) in [5.74, 6) is -0.850. The Morgan fingerprint density at radius 1 is 1.26 bits per heavy atom. The summed E-state index contributed by atoms with van der Waals surface area (Å²) < 4.78 is 19.1.